The Morgan fingerprint density at radius 1 is 0.923 bits per heavy atom. The molecule has 1 amide bonds. The molecule has 0 saturated carbocycles. The average molecular weight is 534 g/mol. The summed E-state index contributed by atoms with van der Waals surface area (Å²) < 4.78 is 27.3. The number of hydrogen-bond acceptors (Lipinski definition) is 9. The maximum absolute atomic E-state index is 12.9. The van der Waals surface area contributed by atoms with E-state index in [4.69, 9.17) is 23.4 Å². The second kappa shape index (κ2) is 13.2. The van der Waals surface area contributed by atoms with E-state index in [2.05, 4.69) is 4.98 Å². The molecule has 0 unspecified atom stereocenters. The number of hydrogen-bond donors (Lipinski definition) is 0. The van der Waals surface area contributed by atoms with Crippen molar-refractivity contribution in [2.45, 2.75) is 13.5 Å². The summed E-state index contributed by atoms with van der Waals surface area (Å²) in [5.41, 5.74) is 2.34. The maximum Gasteiger partial charge on any atom is 0.416 e. The molecule has 204 valence electrons. The first-order chi connectivity index (χ1) is 18.9. The van der Waals surface area contributed by atoms with Crippen LogP contribution >= 0.6 is 0 Å². The van der Waals surface area contributed by atoms with Gasteiger partial charge in [-0.25, -0.2) is 4.79 Å². The van der Waals surface area contributed by atoms with Crippen molar-refractivity contribution in [2.75, 3.05) is 45.4 Å². The zero-order chi connectivity index (χ0) is 27.6. The highest BCUT2D eigenvalue weighted by molar-refractivity contribution is 5.79. The molecule has 0 fully saturated rings. The third-order valence-electron chi connectivity index (χ3n) is 5.75. The number of nitrogens with zero attached hydrogens (tertiary/aromatic N) is 3. The van der Waals surface area contributed by atoms with Crippen molar-refractivity contribution >= 4 is 29.2 Å². The molecule has 10 heteroatoms. The summed E-state index contributed by atoms with van der Waals surface area (Å²) in [5, 5.41) is 0. The molecule has 0 N–H and O–H groups in total. The number of anilines is 1. The van der Waals surface area contributed by atoms with Gasteiger partial charge in [0.15, 0.2) is 5.58 Å². The highest BCUT2D eigenvalue weighted by Crippen LogP contribution is 2.21. The SMILES string of the molecule is CCOC(=O)CN(Cc1ccc(OCCN(C)c2nc3ccccc3o2)cc1)C(=O)Oc1ccc(OC)cc1. The maximum atomic E-state index is 12.9. The number of esters is 1. The van der Waals surface area contributed by atoms with Crippen molar-refractivity contribution < 1.29 is 33.0 Å². The number of carbonyl (C=O) groups is 2. The second-order valence-electron chi connectivity index (χ2n) is 8.58. The Morgan fingerprint density at radius 2 is 1.62 bits per heavy atom. The Labute approximate surface area is 226 Å². The van der Waals surface area contributed by atoms with Crippen LogP contribution in [0.25, 0.3) is 11.1 Å². The van der Waals surface area contributed by atoms with E-state index in [9.17, 15) is 9.59 Å². The Kier molecular flexibility index (Phi) is 9.23. The van der Waals surface area contributed by atoms with Gasteiger partial charge >= 0.3 is 12.1 Å². The lowest BCUT2D eigenvalue weighted by Crippen LogP contribution is -2.38. The zero-order valence-corrected chi connectivity index (χ0v) is 22.2. The van der Waals surface area contributed by atoms with E-state index >= 15 is 0 Å². The predicted octanol–water partition coefficient (Wildman–Crippen LogP) is 4.92. The van der Waals surface area contributed by atoms with Gasteiger partial charge in [-0.3, -0.25) is 9.69 Å². The smallest absolute Gasteiger partial charge is 0.416 e. The molecule has 0 spiro atoms. The Bertz CT molecular complexity index is 1340. The number of benzene rings is 3. The minimum atomic E-state index is -0.671. The fourth-order valence-corrected chi connectivity index (χ4v) is 3.69. The van der Waals surface area contributed by atoms with E-state index in [1.165, 1.54) is 4.90 Å². The monoisotopic (exact) mass is 533 g/mol. The Morgan fingerprint density at radius 3 is 2.31 bits per heavy atom. The van der Waals surface area contributed by atoms with Crippen molar-refractivity contribution in [2.24, 2.45) is 0 Å². The van der Waals surface area contributed by atoms with Crippen molar-refractivity contribution in [3.8, 4) is 17.2 Å². The minimum absolute atomic E-state index is 0.147. The molecule has 0 aliphatic carbocycles. The predicted molar refractivity (Wildman–Crippen MR) is 145 cm³/mol. The van der Waals surface area contributed by atoms with Gasteiger partial charge in [0.05, 0.1) is 20.3 Å². The molecule has 1 aromatic heterocycles. The highest BCUT2D eigenvalue weighted by atomic mass is 16.6. The Hall–Kier alpha value is -4.73. The first kappa shape index (κ1) is 27.3. The normalized spacial score (nSPS) is 10.6. The van der Waals surface area contributed by atoms with E-state index < -0.39 is 12.1 Å². The third kappa shape index (κ3) is 7.64. The number of amides is 1. The molecule has 10 nitrogen and oxygen atoms in total. The molecule has 4 rings (SSSR count). The molecular formula is C29H31N3O7. The van der Waals surface area contributed by atoms with Crippen molar-refractivity contribution in [3.63, 3.8) is 0 Å². The number of likely N-dealkylation sites (N-methyl/N-ethyl adjacent to an activating group) is 1. The number of ether oxygens (including phenoxy) is 4. The van der Waals surface area contributed by atoms with Crippen LogP contribution in [-0.2, 0) is 16.1 Å². The van der Waals surface area contributed by atoms with Gasteiger partial charge in [0, 0.05) is 13.6 Å². The van der Waals surface area contributed by atoms with Gasteiger partial charge in [-0.2, -0.15) is 4.98 Å². The number of methoxy groups -OCH3 is 1. The molecule has 0 saturated heterocycles. The van der Waals surface area contributed by atoms with Crippen molar-refractivity contribution in [1.29, 1.82) is 0 Å². The van der Waals surface area contributed by atoms with Crippen LogP contribution in [0.15, 0.2) is 77.2 Å². The van der Waals surface area contributed by atoms with Crippen LogP contribution in [0.3, 0.4) is 0 Å². The van der Waals surface area contributed by atoms with Crippen LogP contribution in [0.2, 0.25) is 0 Å². The number of fused-ring (bicyclic) bond motifs is 1. The quantitative estimate of drug-likeness (QED) is 0.235. The summed E-state index contributed by atoms with van der Waals surface area (Å²) in [4.78, 5) is 32.7. The minimum Gasteiger partial charge on any atom is -0.497 e. The topological polar surface area (TPSA) is 104 Å². The summed E-state index contributed by atoms with van der Waals surface area (Å²) in [5.74, 6) is 1.12. The molecular weight excluding hydrogens is 502 g/mol. The van der Waals surface area contributed by atoms with Gasteiger partial charge in [-0.1, -0.05) is 24.3 Å². The molecule has 0 bridgehead atoms. The largest absolute Gasteiger partial charge is 0.497 e. The standard InChI is InChI=1S/C29H31N3O7/c1-4-36-27(33)20-32(29(34)38-24-15-13-22(35-3)14-16-24)19-21-9-11-23(12-10-21)37-18-17-31(2)28-30-25-7-5-6-8-26(25)39-28/h5-16H,4,17-20H2,1-3H3. The van der Waals surface area contributed by atoms with Gasteiger partial charge < -0.3 is 28.3 Å². The van der Waals surface area contributed by atoms with Crippen LogP contribution < -0.4 is 19.1 Å². The molecule has 0 atom stereocenters. The average Bonchev–Trinajstić information content (AvgIpc) is 3.39. The zero-order valence-electron chi connectivity index (χ0n) is 22.2. The van der Waals surface area contributed by atoms with E-state index in [0.717, 1.165) is 16.7 Å². The fourth-order valence-electron chi connectivity index (χ4n) is 3.69. The number of carbonyl (C=O) groups excluding carboxylic acids is 2. The Balaban J connectivity index is 1.32. The summed E-state index contributed by atoms with van der Waals surface area (Å²) in [6, 6.07) is 22.0. The highest BCUT2D eigenvalue weighted by Gasteiger charge is 2.21. The lowest BCUT2D eigenvalue weighted by molar-refractivity contribution is -0.144. The van der Waals surface area contributed by atoms with E-state index in [0.29, 0.717) is 36.4 Å². The van der Waals surface area contributed by atoms with E-state index in [1.54, 1.807) is 38.3 Å². The fraction of sp³-hybridized carbons (Fsp3) is 0.276. The van der Waals surface area contributed by atoms with Crippen LogP contribution in [0.4, 0.5) is 10.8 Å². The summed E-state index contributed by atoms with van der Waals surface area (Å²) >= 11 is 0. The van der Waals surface area contributed by atoms with Crippen LogP contribution in [0.1, 0.15) is 12.5 Å². The van der Waals surface area contributed by atoms with Crippen LogP contribution in [-0.4, -0.2) is 62.4 Å². The first-order valence-corrected chi connectivity index (χ1v) is 12.5. The molecule has 0 aliphatic heterocycles. The van der Waals surface area contributed by atoms with Gasteiger partial charge in [0.1, 0.15) is 35.9 Å². The molecule has 0 aliphatic rings. The summed E-state index contributed by atoms with van der Waals surface area (Å²) in [7, 11) is 3.44. The van der Waals surface area contributed by atoms with Gasteiger partial charge in [-0.05, 0) is 61.0 Å². The summed E-state index contributed by atoms with van der Waals surface area (Å²) in [6.45, 7) is 2.81. The van der Waals surface area contributed by atoms with Crippen LogP contribution in [0.5, 0.6) is 17.2 Å². The van der Waals surface area contributed by atoms with E-state index in [1.807, 2.05) is 60.5 Å². The summed E-state index contributed by atoms with van der Waals surface area (Å²) in [6.07, 6.45) is -0.671. The van der Waals surface area contributed by atoms with Gasteiger partial charge in [0.25, 0.3) is 6.01 Å². The lowest BCUT2D eigenvalue weighted by Gasteiger charge is -2.21. The molecule has 0 radical (unpaired) electrons. The second-order valence-corrected chi connectivity index (χ2v) is 8.58. The third-order valence-corrected chi connectivity index (χ3v) is 5.75. The van der Waals surface area contributed by atoms with Crippen molar-refractivity contribution in [3.05, 3.63) is 78.4 Å². The van der Waals surface area contributed by atoms with Gasteiger partial charge in [-0.15, -0.1) is 0 Å². The molecule has 1 heterocycles. The number of oxazole rings is 1. The van der Waals surface area contributed by atoms with Crippen LogP contribution in [0, 0.1) is 0 Å². The first-order valence-electron chi connectivity index (χ1n) is 12.5. The number of aromatic nitrogens is 1. The van der Waals surface area contributed by atoms with Crippen molar-refractivity contribution in [1.82, 2.24) is 9.88 Å². The van der Waals surface area contributed by atoms with Gasteiger partial charge in [0.2, 0.25) is 0 Å². The molecule has 39 heavy (non-hydrogen) atoms. The lowest BCUT2D eigenvalue weighted by atomic mass is 10.2. The molecule has 4 aromatic rings. The van der Waals surface area contributed by atoms with E-state index in [-0.39, 0.29) is 19.7 Å². The number of para-hydroxylation sites is 2. The number of rotatable bonds is 12. The molecule has 3 aromatic carbocycles.